The van der Waals surface area contributed by atoms with Crippen molar-refractivity contribution in [1.82, 2.24) is 20.2 Å². The van der Waals surface area contributed by atoms with E-state index >= 15 is 0 Å². The van der Waals surface area contributed by atoms with Gasteiger partial charge in [-0.15, -0.1) is 0 Å². The van der Waals surface area contributed by atoms with Crippen molar-refractivity contribution in [3.8, 4) is 0 Å². The molecule has 1 aromatic rings. The van der Waals surface area contributed by atoms with E-state index in [9.17, 15) is 0 Å². The fourth-order valence-electron chi connectivity index (χ4n) is 2.85. The summed E-state index contributed by atoms with van der Waals surface area (Å²) in [7, 11) is 0. The molecule has 0 atom stereocenters. The highest BCUT2D eigenvalue weighted by molar-refractivity contribution is 5.33. The van der Waals surface area contributed by atoms with Gasteiger partial charge < -0.3 is 10.2 Å². The normalized spacial score (nSPS) is 20.3. The first-order chi connectivity index (χ1) is 10.1. The quantitative estimate of drug-likeness (QED) is 0.891. The average molecular weight is 289 g/mol. The van der Waals surface area contributed by atoms with E-state index in [2.05, 4.69) is 40.9 Å². The van der Waals surface area contributed by atoms with Gasteiger partial charge in [-0.25, -0.2) is 9.97 Å². The lowest BCUT2D eigenvalue weighted by molar-refractivity contribution is 0.247. The summed E-state index contributed by atoms with van der Waals surface area (Å²) in [5.41, 5.74) is 2.29. The minimum atomic E-state index is 0.486. The van der Waals surface area contributed by atoms with Crippen LogP contribution in [0.3, 0.4) is 0 Å². The predicted molar refractivity (Wildman–Crippen MR) is 85.6 cm³/mol. The van der Waals surface area contributed by atoms with E-state index in [1.165, 1.54) is 18.4 Å². The van der Waals surface area contributed by atoms with Crippen molar-refractivity contribution >= 4 is 5.95 Å². The summed E-state index contributed by atoms with van der Waals surface area (Å²) in [6.07, 6.45) is 4.78. The van der Waals surface area contributed by atoms with Crippen LogP contribution < -0.4 is 10.2 Å². The van der Waals surface area contributed by atoms with Gasteiger partial charge in [0.2, 0.25) is 5.95 Å². The number of hydrogen-bond donors (Lipinski definition) is 1. The molecule has 3 rings (SSSR count). The van der Waals surface area contributed by atoms with Crippen LogP contribution in [-0.2, 0) is 6.54 Å². The Hall–Kier alpha value is -1.20. The van der Waals surface area contributed by atoms with Gasteiger partial charge in [-0.2, -0.15) is 0 Å². The third-order valence-corrected chi connectivity index (χ3v) is 4.43. The number of aryl methyl sites for hydroxylation is 1. The molecular weight excluding hydrogens is 262 g/mol. The van der Waals surface area contributed by atoms with Gasteiger partial charge in [0.15, 0.2) is 0 Å². The minimum Gasteiger partial charge on any atom is -0.338 e. The molecule has 0 unspecified atom stereocenters. The summed E-state index contributed by atoms with van der Waals surface area (Å²) in [5.74, 6) is 0.899. The Morgan fingerprint density at radius 1 is 1.24 bits per heavy atom. The lowest BCUT2D eigenvalue weighted by atomic mass is 10.2. The first kappa shape index (κ1) is 14.7. The maximum absolute atomic E-state index is 4.72. The number of aromatic nitrogens is 2. The Labute approximate surface area is 127 Å². The molecule has 1 saturated heterocycles. The molecule has 1 aliphatic carbocycles. The smallest absolute Gasteiger partial charge is 0.225 e. The number of rotatable bonds is 5. The zero-order valence-corrected chi connectivity index (χ0v) is 13.5. The van der Waals surface area contributed by atoms with Crippen molar-refractivity contribution in [2.75, 3.05) is 31.1 Å². The predicted octanol–water partition coefficient (Wildman–Crippen LogP) is 1.57. The summed E-state index contributed by atoms with van der Waals surface area (Å²) in [6, 6.07) is 1.36. The molecule has 0 amide bonds. The van der Waals surface area contributed by atoms with Crippen molar-refractivity contribution in [3.63, 3.8) is 0 Å². The second-order valence-corrected chi connectivity index (χ2v) is 6.57. The molecule has 1 N–H and O–H groups in total. The first-order valence-electron chi connectivity index (χ1n) is 8.18. The van der Waals surface area contributed by atoms with Gasteiger partial charge in [0.1, 0.15) is 0 Å². The molecule has 5 heteroatoms. The van der Waals surface area contributed by atoms with Gasteiger partial charge in [-0.05, 0) is 19.8 Å². The second-order valence-electron chi connectivity index (χ2n) is 6.57. The van der Waals surface area contributed by atoms with Gasteiger partial charge in [0.05, 0.1) is 0 Å². The number of piperazine rings is 1. The third kappa shape index (κ3) is 3.71. The molecule has 2 aliphatic rings. The van der Waals surface area contributed by atoms with Crippen molar-refractivity contribution < 1.29 is 0 Å². The van der Waals surface area contributed by atoms with Crippen LogP contribution in [0.4, 0.5) is 5.95 Å². The molecule has 1 saturated carbocycles. The van der Waals surface area contributed by atoms with E-state index in [0.717, 1.165) is 50.4 Å². The number of hydrogen-bond acceptors (Lipinski definition) is 5. The number of nitrogens with zero attached hydrogens (tertiary/aromatic N) is 4. The molecule has 5 nitrogen and oxygen atoms in total. The van der Waals surface area contributed by atoms with Gasteiger partial charge in [-0.3, -0.25) is 4.90 Å². The maximum Gasteiger partial charge on any atom is 0.225 e. The Bertz CT molecular complexity index is 476. The van der Waals surface area contributed by atoms with Crippen LogP contribution in [0.15, 0.2) is 6.20 Å². The lowest BCUT2D eigenvalue weighted by Gasteiger charge is -2.34. The van der Waals surface area contributed by atoms with Crippen molar-refractivity contribution in [2.24, 2.45) is 0 Å². The second kappa shape index (κ2) is 6.28. The summed E-state index contributed by atoms with van der Waals surface area (Å²) in [4.78, 5) is 14.2. The molecule has 21 heavy (non-hydrogen) atoms. The summed E-state index contributed by atoms with van der Waals surface area (Å²) >= 11 is 0. The summed E-state index contributed by atoms with van der Waals surface area (Å²) < 4.78 is 0. The summed E-state index contributed by atoms with van der Waals surface area (Å²) in [6.45, 7) is 11.7. The Kier molecular flexibility index (Phi) is 4.40. The number of nitrogens with one attached hydrogen (secondary N) is 1. The monoisotopic (exact) mass is 289 g/mol. The molecule has 0 spiro atoms. The molecule has 2 heterocycles. The number of anilines is 1. The highest BCUT2D eigenvalue weighted by Gasteiger charge is 2.31. The Morgan fingerprint density at radius 3 is 2.52 bits per heavy atom. The third-order valence-electron chi connectivity index (χ3n) is 4.43. The Balaban J connectivity index is 1.59. The lowest BCUT2D eigenvalue weighted by Crippen LogP contribution is -2.47. The average Bonchev–Trinajstić information content (AvgIpc) is 3.30. The maximum atomic E-state index is 4.72. The van der Waals surface area contributed by atoms with Crippen molar-refractivity contribution in [1.29, 1.82) is 0 Å². The SMILES string of the molecule is Cc1nc(N2CCN(C3CC3)CC2)ncc1CNC(C)C. The van der Waals surface area contributed by atoms with E-state index < -0.39 is 0 Å². The van der Waals surface area contributed by atoms with Gasteiger partial charge in [-0.1, -0.05) is 13.8 Å². The van der Waals surface area contributed by atoms with Crippen molar-refractivity contribution in [2.45, 2.75) is 52.2 Å². The van der Waals surface area contributed by atoms with Crippen LogP contribution in [0.5, 0.6) is 0 Å². The van der Waals surface area contributed by atoms with E-state index in [1.807, 2.05) is 6.20 Å². The zero-order chi connectivity index (χ0) is 14.8. The molecule has 0 bridgehead atoms. The van der Waals surface area contributed by atoms with E-state index in [-0.39, 0.29) is 0 Å². The molecular formula is C16H27N5. The van der Waals surface area contributed by atoms with Crippen LogP contribution in [0.2, 0.25) is 0 Å². The molecule has 2 fully saturated rings. The van der Waals surface area contributed by atoms with Crippen LogP contribution in [-0.4, -0.2) is 53.1 Å². The fourth-order valence-corrected chi connectivity index (χ4v) is 2.85. The van der Waals surface area contributed by atoms with Crippen LogP contribution >= 0.6 is 0 Å². The molecule has 0 aromatic carbocycles. The Morgan fingerprint density at radius 2 is 1.95 bits per heavy atom. The summed E-state index contributed by atoms with van der Waals surface area (Å²) in [5, 5.41) is 3.43. The first-order valence-corrected chi connectivity index (χ1v) is 8.18. The fraction of sp³-hybridized carbons (Fsp3) is 0.750. The highest BCUT2D eigenvalue weighted by atomic mass is 15.3. The standard InChI is InChI=1S/C16H27N5/c1-12(2)17-10-14-11-18-16(19-13(14)3)21-8-6-20(7-9-21)15-4-5-15/h11-12,15,17H,4-10H2,1-3H3. The van der Waals surface area contributed by atoms with Gasteiger partial charge >= 0.3 is 0 Å². The van der Waals surface area contributed by atoms with E-state index in [1.54, 1.807) is 0 Å². The van der Waals surface area contributed by atoms with Gasteiger partial charge in [0.25, 0.3) is 0 Å². The molecule has 116 valence electrons. The minimum absolute atomic E-state index is 0.486. The van der Waals surface area contributed by atoms with Crippen LogP contribution in [0.25, 0.3) is 0 Å². The largest absolute Gasteiger partial charge is 0.338 e. The zero-order valence-electron chi connectivity index (χ0n) is 13.5. The van der Waals surface area contributed by atoms with Crippen LogP contribution in [0.1, 0.15) is 37.9 Å². The molecule has 1 aromatic heterocycles. The van der Waals surface area contributed by atoms with Gasteiger partial charge in [0, 0.05) is 62.3 Å². The molecule has 0 radical (unpaired) electrons. The topological polar surface area (TPSA) is 44.3 Å². The van der Waals surface area contributed by atoms with Crippen LogP contribution in [0, 0.1) is 6.92 Å². The van der Waals surface area contributed by atoms with Crippen molar-refractivity contribution in [3.05, 3.63) is 17.5 Å². The highest BCUT2D eigenvalue weighted by Crippen LogP contribution is 2.28. The van der Waals surface area contributed by atoms with E-state index in [0.29, 0.717) is 6.04 Å². The molecule has 1 aliphatic heterocycles. The van der Waals surface area contributed by atoms with E-state index in [4.69, 9.17) is 4.98 Å².